The molecular weight excluding hydrogens is 392 g/mol. The molecule has 2 aromatic rings. The Hall–Kier alpha value is -3.66. The minimum absolute atomic E-state index is 0.00200. The summed E-state index contributed by atoms with van der Waals surface area (Å²) in [4.78, 5) is 36.6. The molecule has 2 N–H and O–H groups in total. The van der Waals surface area contributed by atoms with Crippen molar-refractivity contribution in [3.05, 3.63) is 52.1 Å². The summed E-state index contributed by atoms with van der Waals surface area (Å²) in [5, 5.41) is 16.5. The zero-order valence-electron chi connectivity index (χ0n) is 17.2. The van der Waals surface area contributed by atoms with Crippen molar-refractivity contribution in [1.29, 1.82) is 0 Å². The summed E-state index contributed by atoms with van der Waals surface area (Å²) in [6.45, 7) is 1.60. The van der Waals surface area contributed by atoms with E-state index in [1.165, 1.54) is 19.2 Å². The molecule has 0 heterocycles. The van der Waals surface area contributed by atoms with Crippen molar-refractivity contribution in [2.75, 3.05) is 45.0 Å². The molecule has 0 bridgehead atoms. The average molecular weight is 416 g/mol. The number of carbonyl (C=O) groups is 2. The molecule has 0 saturated heterocycles. The summed E-state index contributed by atoms with van der Waals surface area (Å²) in [6.07, 6.45) is 0. The van der Waals surface area contributed by atoms with Gasteiger partial charge in [0.15, 0.2) is 5.75 Å². The summed E-state index contributed by atoms with van der Waals surface area (Å²) in [6, 6.07) is 9.63. The van der Waals surface area contributed by atoms with Gasteiger partial charge >= 0.3 is 5.69 Å². The van der Waals surface area contributed by atoms with Gasteiger partial charge in [-0.15, -0.1) is 0 Å². The summed E-state index contributed by atoms with van der Waals surface area (Å²) in [7, 11) is 4.51. The molecule has 0 saturated carbocycles. The van der Waals surface area contributed by atoms with Crippen LogP contribution in [0.2, 0.25) is 0 Å². The minimum atomic E-state index is -0.549. The minimum Gasteiger partial charge on any atom is -0.497 e. The van der Waals surface area contributed by atoms with E-state index in [2.05, 4.69) is 10.6 Å². The standard InChI is InChI=1S/C20H24N4O6/c1-13-9-17(24(27)28)18(30-4)10-16(13)22-20(26)12-23(2)11-19(25)21-14-5-7-15(29-3)8-6-14/h5-10H,11-12H2,1-4H3,(H,21,25)(H,22,26). The number of carbonyl (C=O) groups excluding carboxylic acids is 2. The van der Waals surface area contributed by atoms with Gasteiger partial charge in [0.25, 0.3) is 0 Å². The summed E-state index contributed by atoms with van der Waals surface area (Å²) in [5.74, 6) is 0.0884. The molecule has 30 heavy (non-hydrogen) atoms. The summed E-state index contributed by atoms with van der Waals surface area (Å²) < 4.78 is 10.1. The van der Waals surface area contributed by atoms with E-state index < -0.39 is 4.92 Å². The van der Waals surface area contributed by atoms with Crippen molar-refractivity contribution in [3.8, 4) is 11.5 Å². The van der Waals surface area contributed by atoms with Gasteiger partial charge in [-0.1, -0.05) is 0 Å². The third kappa shape index (κ3) is 6.17. The average Bonchev–Trinajstić information content (AvgIpc) is 2.69. The van der Waals surface area contributed by atoms with E-state index in [0.717, 1.165) is 0 Å². The van der Waals surface area contributed by atoms with E-state index in [-0.39, 0.29) is 36.3 Å². The lowest BCUT2D eigenvalue weighted by Gasteiger charge is -2.17. The Balaban J connectivity index is 1.92. The maximum absolute atomic E-state index is 12.3. The third-order valence-corrected chi connectivity index (χ3v) is 4.20. The highest BCUT2D eigenvalue weighted by Gasteiger charge is 2.19. The van der Waals surface area contributed by atoms with Gasteiger partial charge in [-0.2, -0.15) is 0 Å². The molecule has 2 amide bonds. The highest BCUT2D eigenvalue weighted by molar-refractivity contribution is 5.95. The van der Waals surface area contributed by atoms with Gasteiger partial charge < -0.3 is 20.1 Å². The van der Waals surface area contributed by atoms with Crippen molar-refractivity contribution in [2.45, 2.75) is 6.92 Å². The maximum atomic E-state index is 12.3. The number of nitro benzene ring substituents is 1. The van der Waals surface area contributed by atoms with Crippen LogP contribution in [-0.2, 0) is 9.59 Å². The Morgan fingerprint density at radius 1 is 1.03 bits per heavy atom. The Labute approximate surface area is 173 Å². The van der Waals surface area contributed by atoms with Gasteiger partial charge in [0.2, 0.25) is 11.8 Å². The van der Waals surface area contributed by atoms with Crippen molar-refractivity contribution in [2.24, 2.45) is 0 Å². The molecule has 0 fully saturated rings. The lowest BCUT2D eigenvalue weighted by Crippen LogP contribution is -2.36. The Morgan fingerprint density at radius 2 is 1.63 bits per heavy atom. The maximum Gasteiger partial charge on any atom is 0.311 e. The fourth-order valence-electron chi connectivity index (χ4n) is 2.72. The number of aryl methyl sites for hydroxylation is 1. The first-order valence-electron chi connectivity index (χ1n) is 8.98. The molecule has 0 aliphatic carbocycles. The Kier molecular flexibility index (Phi) is 7.70. The number of amides is 2. The largest absolute Gasteiger partial charge is 0.497 e. The van der Waals surface area contributed by atoms with Gasteiger partial charge in [0, 0.05) is 23.5 Å². The van der Waals surface area contributed by atoms with E-state index in [4.69, 9.17) is 9.47 Å². The van der Waals surface area contributed by atoms with Crippen LogP contribution in [0.15, 0.2) is 36.4 Å². The molecule has 10 heteroatoms. The predicted molar refractivity (Wildman–Crippen MR) is 112 cm³/mol. The first-order chi connectivity index (χ1) is 14.2. The second-order valence-electron chi connectivity index (χ2n) is 6.59. The van der Waals surface area contributed by atoms with Crippen molar-refractivity contribution in [3.63, 3.8) is 0 Å². The predicted octanol–water partition coefficient (Wildman–Crippen LogP) is 2.43. The number of ether oxygens (including phenoxy) is 2. The van der Waals surface area contributed by atoms with Gasteiger partial charge in [-0.25, -0.2) is 0 Å². The fraction of sp³-hybridized carbons (Fsp3) is 0.300. The normalized spacial score (nSPS) is 10.4. The van der Waals surface area contributed by atoms with Crippen LogP contribution in [0, 0.1) is 17.0 Å². The smallest absolute Gasteiger partial charge is 0.311 e. The van der Waals surface area contributed by atoms with Gasteiger partial charge in [0.05, 0.1) is 32.2 Å². The van der Waals surface area contributed by atoms with Crippen LogP contribution in [0.25, 0.3) is 0 Å². The molecular formula is C20H24N4O6. The molecule has 0 aromatic heterocycles. The van der Waals surface area contributed by atoms with Crippen LogP contribution in [0.4, 0.5) is 17.1 Å². The number of likely N-dealkylation sites (N-methyl/N-ethyl adjacent to an activating group) is 1. The molecule has 0 atom stereocenters. The lowest BCUT2D eigenvalue weighted by atomic mass is 10.1. The van der Waals surface area contributed by atoms with Crippen LogP contribution in [0.1, 0.15) is 5.56 Å². The number of hydrogen-bond acceptors (Lipinski definition) is 7. The highest BCUT2D eigenvalue weighted by Crippen LogP contribution is 2.32. The second-order valence-corrected chi connectivity index (χ2v) is 6.59. The van der Waals surface area contributed by atoms with Crippen molar-refractivity contribution in [1.82, 2.24) is 4.90 Å². The zero-order chi connectivity index (χ0) is 22.3. The third-order valence-electron chi connectivity index (χ3n) is 4.20. The van der Waals surface area contributed by atoms with E-state index in [1.54, 1.807) is 50.2 Å². The Morgan fingerprint density at radius 3 is 2.17 bits per heavy atom. The van der Waals surface area contributed by atoms with Gasteiger partial charge in [-0.3, -0.25) is 24.6 Å². The summed E-state index contributed by atoms with van der Waals surface area (Å²) >= 11 is 0. The molecule has 0 aliphatic rings. The number of methoxy groups -OCH3 is 2. The van der Waals surface area contributed by atoms with Crippen LogP contribution in [-0.4, -0.2) is 56.0 Å². The number of nitrogens with one attached hydrogen (secondary N) is 2. The lowest BCUT2D eigenvalue weighted by molar-refractivity contribution is -0.385. The van der Waals surface area contributed by atoms with E-state index >= 15 is 0 Å². The van der Waals surface area contributed by atoms with E-state index in [0.29, 0.717) is 22.7 Å². The molecule has 0 radical (unpaired) electrons. The highest BCUT2D eigenvalue weighted by atomic mass is 16.6. The molecule has 0 spiro atoms. The SMILES string of the molecule is COc1ccc(NC(=O)CN(C)CC(=O)Nc2cc(OC)c([N+](=O)[O-])cc2C)cc1. The molecule has 0 aliphatic heterocycles. The van der Waals surface area contributed by atoms with Gasteiger partial charge in [0.1, 0.15) is 5.75 Å². The monoisotopic (exact) mass is 416 g/mol. The number of hydrogen-bond donors (Lipinski definition) is 2. The van der Waals surface area contributed by atoms with Crippen molar-refractivity contribution >= 4 is 28.9 Å². The molecule has 160 valence electrons. The molecule has 0 unspecified atom stereocenters. The van der Waals surface area contributed by atoms with Crippen LogP contribution in [0.5, 0.6) is 11.5 Å². The van der Waals surface area contributed by atoms with Crippen molar-refractivity contribution < 1.29 is 24.0 Å². The molecule has 2 rings (SSSR count). The number of benzene rings is 2. The zero-order valence-corrected chi connectivity index (χ0v) is 17.2. The topological polar surface area (TPSA) is 123 Å². The van der Waals surface area contributed by atoms with Crippen LogP contribution >= 0.6 is 0 Å². The first kappa shape index (κ1) is 22.6. The first-order valence-corrected chi connectivity index (χ1v) is 8.98. The number of nitrogens with zero attached hydrogens (tertiary/aromatic N) is 2. The number of rotatable bonds is 9. The fourth-order valence-corrected chi connectivity index (χ4v) is 2.72. The van der Waals surface area contributed by atoms with Crippen LogP contribution in [0.3, 0.4) is 0 Å². The molecule has 10 nitrogen and oxygen atoms in total. The van der Waals surface area contributed by atoms with E-state index in [9.17, 15) is 19.7 Å². The van der Waals surface area contributed by atoms with Crippen LogP contribution < -0.4 is 20.1 Å². The van der Waals surface area contributed by atoms with E-state index in [1.807, 2.05) is 0 Å². The summed E-state index contributed by atoms with van der Waals surface area (Å²) in [5.41, 5.74) is 1.36. The second kappa shape index (κ2) is 10.2. The number of anilines is 2. The quantitative estimate of drug-likeness (QED) is 0.475. The Bertz CT molecular complexity index is 930. The molecule has 2 aromatic carbocycles. The van der Waals surface area contributed by atoms with Gasteiger partial charge in [-0.05, 0) is 43.8 Å². The number of nitro groups is 1.